The van der Waals surface area contributed by atoms with Gasteiger partial charge in [0.05, 0.1) is 11.0 Å². The average Bonchev–Trinajstić information content (AvgIpc) is 3.18. The lowest BCUT2D eigenvalue weighted by Gasteiger charge is -2.09. The summed E-state index contributed by atoms with van der Waals surface area (Å²) in [6.07, 6.45) is 5.84. The highest BCUT2D eigenvalue weighted by Crippen LogP contribution is 2.35. The van der Waals surface area contributed by atoms with Crippen molar-refractivity contribution in [1.29, 1.82) is 0 Å². The zero-order chi connectivity index (χ0) is 21.9. The molecule has 0 aliphatic carbocycles. The third-order valence-electron chi connectivity index (χ3n) is 5.95. The Balaban J connectivity index is 1.64. The number of nitrogens with two attached hydrogens (primary N) is 1. The van der Waals surface area contributed by atoms with E-state index in [1.807, 2.05) is 6.08 Å². The maximum absolute atomic E-state index is 6.34. The minimum atomic E-state index is 0.815. The first-order valence-corrected chi connectivity index (χ1v) is 11.0. The van der Waals surface area contributed by atoms with E-state index in [1.165, 1.54) is 38.6 Å². The Kier molecular flexibility index (Phi) is 5.35. The molecule has 0 aliphatic rings. The van der Waals surface area contributed by atoms with Crippen molar-refractivity contribution in [3.8, 4) is 16.8 Å². The molecule has 2 N–H and O–H groups in total. The molecular formula is C30H26N2. The Bertz CT molecular complexity index is 1440. The maximum atomic E-state index is 6.34. The van der Waals surface area contributed by atoms with E-state index in [9.17, 15) is 0 Å². The highest BCUT2D eigenvalue weighted by molar-refractivity contribution is 6.10. The zero-order valence-electron chi connectivity index (χ0n) is 18.0. The van der Waals surface area contributed by atoms with Gasteiger partial charge in [-0.05, 0) is 65.9 Å². The van der Waals surface area contributed by atoms with Crippen LogP contribution in [0.1, 0.15) is 18.4 Å². The number of para-hydroxylation sites is 2. The molecule has 32 heavy (non-hydrogen) atoms. The van der Waals surface area contributed by atoms with Gasteiger partial charge in [-0.3, -0.25) is 0 Å². The number of unbranched alkanes of at least 4 members (excludes halogenated alkanes) is 1. The molecule has 2 nitrogen and oxygen atoms in total. The number of nitrogens with zero attached hydrogens (tertiary/aromatic N) is 1. The number of fused-ring (bicyclic) bond motifs is 3. The molecule has 156 valence electrons. The van der Waals surface area contributed by atoms with Crippen molar-refractivity contribution in [3.63, 3.8) is 0 Å². The van der Waals surface area contributed by atoms with Crippen molar-refractivity contribution in [2.24, 2.45) is 5.73 Å². The Morgan fingerprint density at radius 2 is 1.47 bits per heavy atom. The van der Waals surface area contributed by atoms with Gasteiger partial charge in [-0.2, -0.15) is 0 Å². The van der Waals surface area contributed by atoms with Gasteiger partial charge in [0.2, 0.25) is 0 Å². The Hall–Kier alpha value is -4.04. The number of benzene rings is 4. The van der Waals surface area contributed by atoms with Crippen LogP contribution in [0.4, 0.5) is 0 Å². The van der Waals surface area contributed by atoms with Gasteiger partial charge < -0.3 is 10.3 Å². The normalized spacial score (nSPS) is 11.8. The van der Waals surface area contributed by atoms with Crippen molar-refractivity contribution < 1.29 is 0 Å². The Morgan fingerprint density at radius 3 is 2.31 bits per heavy atom. The molecule has 0 bridgehead atoms. The molecule has 1 aromatic heterocycles. The number of hydrogen-bond acceptors (Lipinski definition) is 1. The van der Waals surface area contributed by atoms with Crippen LogP contribution < -0.4 is 5.73 Å². The van der Waals surface area contributed by atoms with Gasteiger partial charge in [-0.15, -0.1) is 6.58 Å². The summed E-state index contributed by atoms with van der Waals surface area (Å²) in [5.41, 5.74) is 14.2. The summed E-state index contributed by atoms with van der Waals surface area (Å²) in [6, 6.07) is 34.4. The van der Waals surface area contributed by atoms with Gasteiger partial charge in [0.15, 0.2) is 0 Å². The largest absolute Gasteiger partial charge is 0.399 e. The molecule has 0 saturated carbocycles. The second-order valence-corrected chi connectivity index (χ2v) is 8.03. The summed E-state index contributed by atoms with van der Waals surface area (Å²) in [5, 5.41) is 2.51. The van der Waals surface area contributed by atoms with Crippen LogP contribution in [0.5, 0.6) is 0 Å². The van der Waals surface area contributed by atoms with E-state index in [0.29, 0.717) is 0 Å². The summed E-state index contributed by atoms with van der Waals surface area (Å²) in [5.74, 6) is 0. The molecule has 0 unspecified atom stereocenters. The topological polar surface area (TPSA) is 30.9 Å². The SMILES string of the molecule is C=CCC/C=C(\N)c1cccc(-c2ccc3c(c2)c2ccccc2n3-c2ccccc2)c1. The van der Waals surface area contributed by atoms with Crippen molar-refractivity contribution in [1.82, 2.24) is 4.57 Å². The van der Waals surface area contributed by atoms with Crippen LogP contribution in [-0.4, -0.2) is 4.57 Å². The fourth-order valence-corrected chi connectivity index (χ4v) is 4.36. The lowest BCUT2D eigenvalue weighted by molar-refractivity contribution is 1.05. The van der Waals surface area contributed by atoms with Crippen molar-refractivity contribution in [2.45, 2.75) is 12.8 Å². The standard InChI is InChI=1S/C30H26N2/c1-2-3-5-16-28(31)24-12-10-11-22(20-24)23-18-19-30-27(21-23)26-15-8-9-17-29(26)32(30)25-13-6-4-7-14-25/h2,4,6-21H,1,3,5,31H2/b28-16-. The van der Waals surface area contributed by atoms with E-state index < -0.39 is 0 Å². The number of hydrogen-bond donors (Lipinski definition) is 1. The molecule has 0 saturated heterocycles. The third-order valence-corrected chi connectivity index (χ3v) is 5.95. The minimum absolute atomic E-state index is 0.815. The number of aromatic nitrogens is 1. The van der Waals surface area contributed by atoms with E-state index in [1.54, 1.807) is 0 Å². The highest BCUT2D eigenvalue weighted by Gasteiger charge is 2.13. The van der Waals surface area contributed by atoms with E-state index in [-0.39, 0.29) is 0 Å². The minimum Gasteiger partial charge on any atom is -0.399 e. The first kappa shape index (κ1) is 19.9. The Labute approximate surface area is 188 Å². The predicted molar refractivity (Wildman–Crippen MR) is 138 cm³/mol. The fraction of sp³-hybridized carbons (Fsp3) is 0.0667. The quantitative estimate of drug-likeness (QED) is 0.224. The van der Waals surface area contributed by atoms with Crippen LogP contribution in [0.15, 0.2) is 116 Å². The fourth-order valence-electron chi connectivity index (χ4n) is 4.36. The predicted octanol–water partition coefficient (Wildman–Crippen LogP) is 7.72. The summed E-state index contributed by atoms with van der Waals surface area (Å²) in [4.78, 5) is 0. The van der Waals surface area contributed by atoms with Crippen molar-refractivity contribution >= 4 is 27.5 Å². The van der Waals surface area contributed by atoms with Crippen LogP contribution in [-0.2, 0) is 0 Å². The summed E-state index contributed by atoms with van der Waals surface area (Å²) in [6.45, 7) is 3.78. The van der Waals surface area contributed by atoms with Crippen molar-refractivity contribution in [3.05, 3.63) is 121 Å². The average molecular weight is 415 g/mol. The van der Waals surface area contributed by atoms with Crippen molar-refractivity contribution in [2.75, 3.05) is 0 Å². The van der Waals surface area contributed by atoms with Gasteiger partial charge >= 0.3 is 0 Å². The van der Waals surface area contributed by atoms with Crippen LogP contribution >= 0.6 is 0 Å². The van der Waals surface area contributed by atoms with Gasteiger partial charge in [0.25, 0.3) is 0 Å². The maximum Gasteiger partial charge on any atom is 0.0541 e. The van der Waals surface area contributed by atoms with Gasteiger partial charge in [-0.25, -0.2) is 0 Å². The Morgan fingerprint density at radius 1 is 0.719 bits per heavy atom. The van der Waals surface area contributed by atoms with Gasteiger partial charge in [0.1, 0.15) is 0 Å². The molecule has 0 amide bonds. The molecule has 0 aliphatic heterocycles. The first-order chi connectivity index (χ1) is 15.8. The molecule has 0 fully saturated rings. The molecule has 0 spiro atoms. The van der Waals surface area contributed by atoms with E-state index in [4.69, 9.17) is 5.73 Å². The summed E-state index contributed by atoms with van der Waals surface area (Å²) >= 11 is 0. The van der Waals surface area contributed by atoms with Crippen LogP contribution in [0.2, 0.25) is 0 Å². The summed E-state index contributed by atoms with van der Waals surface area (Å²) in [7, 11) is 0. The zero-order valence-corrected chi connectivity index (χ0v) is 18.0. The van der Waals surface area contributed by atoms with E-state index in [0.717, 1.165) is 24.1 Å². The van der Waals surface area contributed by atoms with Crippen LogP contribution in [0, 0.1) is 0 Å². The molecular weight excluding hydrogens is 388 g/mol. The number of allylic oxidation sites excluding steroid dienone is 2. The molecule has 4 aromatic carbocycles. The lowest BCUT2D eigenvalue weighted by Crippen LogP contribution is -1.96. The van der Waals surface area contributed by atoms with Crippen LogP contribution in [0.3, 0.4) is 0 Å². The molecule has 2 heteroatoms. The second-order valence-electron chi connectivity index (χ2n) is 8.03. The van der Waals surface area contributed by atoms with E-state index >= 15 is 0 Å². The monoisotopic (exact) mass is 414 g/mol. The summed E-state index contributed by atoms with van der Waals surface area (Å²) < 4.78 is 2.34. The van der Waals surface area contributed by atoms with Crippen LogP contribution in [0.25, 0.3) is 44.3 Å². The molecule has 0 radical (unpaired) electrons. The van der Waals surface area contributed by atoms with Gasteiger partial charge in [0, 0.05) is 22.2 Å². The molecule has 0 atom stereocenters. The molecule has 5 rings (SSSR count). The molecule has 5 aromatic rings. The van der Waals surface area contributed by atoms with Gasteiger partial charge in [-0.1, -0.05) is 72.8 Å². The number of rotatable bonds is 6. The van der Waals surface area contributed by atoms with E-state index in [2.05, 4.69) is 114 Å². The highest BCUT2D eigenvalue weighted by atomic mass is 15.0. The first-order valence-electron chi connectivity index (χ1n) is 11.0. The third kappa shape index (κ3) is 3.61. The molecule has 1 heterocycles. The second kappa shape index (κ2) is 8.60. The smallest absolute Gasteiger partial charge is 0.0541 e. The lowest BCUT2D eigenvalue weighted by atomic mass is 9.99.